The van der Waals surface area contributed by atoms with Crippen LogP contribution in [0.15, 0.2) is 42.5 Å². The Morgan fingerprint density at radius 2 is 1.97 bits per heavy atom. The molecule has 2 aliphatic heterocycles. The number of amides is 1. The summed E-state index contributed by atoms with van der Waals surface area (Å²) in [5, 5.41) is 1.72. The average Bonchev–Trinajstić information content (AvgIpc) is 3.26. The number of nitrogens with one attached hydrogen (secondary N) is 1. The molecule has 6 nitrogen and oxygen atoms in total. The molecule has 0 aliphatic carbocycles. The molecule has 30 heavy (non-hydrogen) atoms. The molecule has 0 unspecified atom stereocenters. The molecule has 5 rings (SSSR count). The van der Waals surface area contributed by atoms with Gasteiger partial charge >= 0.3 is 0 Å². The predicted molar refractivity (Wildman–Crippen MR) is 119 cm³/mol. The zero-order valence-electron chi connectivity index (χ0n) is 17.1. The van der Waals surface area contributed by atoms with Crippen molar-refractivity contribution >= 4 is 34.1 Å². The highest BCUT2D eigenvalue weighted by Crippen LogP contribution is 2.46. The molecule has 3 heterocycles. The summed E-state index contributed by atoms with van der Waals surface area (Å²) in [5.41, 5.74) is 4.24. The van der Waals surface area contributed by atoms with E-state index in [1.165, 1.54) is 5.56 Å². The normalized spacial score (nSPS) is 20.5. The van der Waals surface area contributed by atoms with Crippen molar-refractivity contribution in [2.24, 2.45) is 0 Å². The van der Waals surface area contributed by atoms with Crippen molar-refractivity contribution in [3.63, 3.8) is 0 Å². The fourth-order valence-electron chi connectivity index (χ4n) is 4.79. The number of thiocarbonyl (C=S) groups is 1. The van der Waals surface area contributed by atoms with E-state index in [1.54, 1.807) is 19.1 Å². The molecule has 0 radical (unpaired) electrons. The van der Waals surface area contributed by atoms with Gasteiger partial charge in [-0.1, -0.05) is 18.2 Å². The second-order valence-corrected chi connectivity index (χ2v) is 7.93. The summed E-state index contributed by atoms with van der Waals surface area (Å²) in [7, 11) is 3.28. The van der Waals surface area contributed by atoms with Crippen molar-refractivity contribution in [2.45, 2.75) is 25.4 Å². The van der Waals surface area contributed by atoms with E-state index in [9.17, 15) is 4.79 Å². The van der Waals surface area contributed by atoms with Crippen LogP contribution >= 0.6 is 12.2 Å². The molecule has 1 fully saturated rings. The van der Waals surface area contributed by atoms with Gasteiger partial charge in [0.25, 0.3) is 5.91 Å². The zero-order valence-corrected chi connectivity index (χ0v) is 18.0. The number of rotatable bonds is 4. The van der Waals surface area contributed by atoms with Crippen LogP contribution in [0.5, 0.6) is 11.5 Å². The zero-order chi connectivity index (χ0) is 21.0. The maximum absolute atomic E-state index is 13.2. The first-order chi connectivity index (χ1) is 14.6. The average molecular weight is 422 g/mol. The summed E-state index contributed by atoms with van der Waals surface area (Å²) in [4.78, 5) is 20.6. The van der Waals surface area contributed by atoms with Crippen molar-refractivity contribution < 1.29 is 14.3 Å². The van der Waals surface area contributed by atoms with E-state index in [2.05, 4.69) is 22.0 Å². The van der Waals surface area contributed by atoms with Crippen LogP contribution < -0.4 is 9.47 Å². The molecule has 2 aromatic carbocycles. The summed E-state index contributed by atoms with van der Waals surface area (Å²) in [6.45, 7) is 2.52. The molecule has 0 bridgehead atoms. The molecule has 3 aromatic rings. The van der Waals surface area contributed by atoms with Gasteiger partial charge in [0, 0.05) is 41.2 Å². The molecule has 0 spiro atoms. The van der Waals surface area contributed by atoms with Gasteiger partial charge in [0.1, 0.15) is 23.6 Å². The van der Waals surface area contributed by atoms with Crippen molar-refractivity contribution in [3.05, 3.63) is 59.3 Å². The summed E-state index contributed by atoms with van der Waals surface area (Å²) >= 11 is 5.78. The highest BCUT2D eigenvalue weighted by atomic mass is 32.1. The second kappa shape index (κ2) is 7.02. The van der Waals surface area contributed by atoms with E-state index in [4.69, 9.17) is 21.7 Å². The van der Waals surface area contributed by atoms with E-state index in [0.717, 1.165) is 27.9 Å². The molecule has 2 atom stereocenters. The number of aromatic amines is 1. The van der Waals surface area contributed by atoms with Crippen LogP contribution in [0.1, 0.15) is 29.8 Å². The number of methoxy groups -OCH3 is 2. The van der Waals surface area contributed by atoms with Crippen molar-refractivity contribution in [3.8, 4) is 11.5 Å². The molecule has 1 amide bonds. The number of fused-ring (bicyclic) bond motifs is 4. The molecule has 7 heteroatoms. The van der Waals surface area contributed by atoms with Crippen LogP contribution in [-0.4, -0.2) is 52.6 Å². The van der Waals surface area contributed by atoms with E-state index in [-0.39, 0.29) is 18.0 Å². The van der Waals surface area contributed by atoms with Crippen LogP contribution in [0, 0.1) is 0 Å². The fourth-order valence-corrected chi connectivity index (χ4v) is 5.24. The lowest BCUT2D eigenvalue weighted by Gasteiger charge is -2.38. The van der Waals surface area contributed by atoms with E-state index in [1.807, 2.05) is 37.3 Å². The minimum Gasteiger partial charge on any atom is -0.497 e. The largest absolute Gasteiger partial charge is 0.497 e. The SMILES string of the molecule is CCN1C(=O)[C@@H]2Cc3c([nH]c4ccccc34)[C@@H](c3ccc(OC)cc3OC)N2C1=S. The lowest BCUT2D eigenvalue weighted by Crippen LogP contribution is -2.44. The van der Waals surface area contributed by atoms with Gasteiger partial charge < -0.3 is 19.4 Å². The Balaban J connectivity index is 1.77. The number of H-pyrrole nitrogens is 1. The van der Waals surface area contributed by atoms with Gasteiger partial charge in [-0.25, -0.2) is 0 Å². The monoisotopic (exact) mass is 421 g/mol. The molecule has 0 saturated carbocycles. The Labute approximate surface area is 180 Å². The first-order valence-electron chi connectivity index (χ1n) is 10.0. The van der Waals surface area contributed by atoms with Crippen molar-refractivity contribution in [2.75, 3.05) is 20.8 Å². The molecule has 154 valence electrons. The number of ether oxygens (including phenoxy) is 2. The number of hydrogen-bond donors (Lipinski definition) is 1. The third-order valence-corrected chi connectivity index (χ3v) is 6.62. The lowest BCUT2D eigenvalue weighted by atomic mass is 9.88. The van der Waals surface area contributed by atoms with Crippen LogP contribution in [-0.2, 0) is 11.2 Å². The second-order valence-electron chi connectivity index (χ2n) is 7.57. The number of nitrogens with zero attached hydrogens (tertiary/aromatic N) is 2. The van der Waals surface area contributed by atoms with Gasteiger partial charge in [0.2, 0.25) is 0 Å². The van der Waals surface area contributed by atoms with Gasteiger partial charge in [-0.3, -0.25) is 9.69 Å². The smallest absolute Gasteiger partial charge is 0.251 e. The number of hydrogen-bond acceptors (Lipinski definition) is 4. The first-order valence-corrected chi connectivity index (χ1v) is 10.4. The standard InChI is InChI=1S/C23H23N3O3S/c1-4-25-22(27)18-12-16-14-7-5-6-8-17(14)24-20(16)21(26(18)23(25)30)15-10-9-13(28-2)11-19(15)29-3/h5-11,18,21,24H,4,12H2,1-3H3/t18-,21+/m0/s1. The minimum atomic E-state index is -0.319. The summed E-state index contributed by atoms with van der Waals surface area (Å²) in [6.07, 6.45) is 0.629. The predicted octanol–water partition coefficient (Wildman–Crippen LogP) is 3.65. The fraction of sp³-hybridized carbons (Fsp3) is 0.304. The Hall–Kier alpha value is -3.06. The Morgan fingerprint density at radius 1 is 1.17 bits per heavy atom. The van der Waals surface area contributed by atoms with E-state index >= 15 is 0 Å². The van der Waals surface area contributed by atoms with E-state index in [0.29, 0.717) is 23.8 Å². The molecule has 2 aliphatic rings. The maximum Gasteiger partial charge on any atom is 0.251 e. The molecular weight excluding hydrogens is 398 g/mol. The Morgan fingerprint density at radius 3 is 2.70 bits per heavy atom. The number of aromatic nitrogens is 1. The number of benzene rings is 2. The summed E-state index contributed by atoms with van der Waals surface area (Å²) < 4.78 is 11.1. The van der Waals surface area contributed by atoms with E-state index < -0.39 is 0 Å². The summed E-state index contributed by atoms with van der Waals surface area (Å²) in [5.74, 6) is 1.49. The van der Waals surface area contributed by atoms with Gasteiger partial charge in [0.05, 0.1) is 14.2 Å². The van der Waals surface area contributed by atoms with Crippen LogP contribution in [0.25, 0.3) is 10.9 Å². The van der Waals surface area contributed by atoms with Gasteiger partial charge in [-0.05, 0) is 42.9 Å². The third kappa shape index (κ3) is 2.55. The maximum atomic E-state index is 13.2. The van der Waals surface area contributed by atoms with Gasteiger partial charge in [-0.15, -0.1) is 0 Å². The lowest BCUT2D eigenvalue weighted by molar-refractivity contribution is -0.128. The number of carbonyl (C=O) groups excluding carboxylic acids is 1. The number of likely N-dealkylation sites (N-methyl/N-ethyl adjacent to an activating group) is 1. The Kier molecular flexibility index (Phi) is 4.43. The first kappa shape index (κ1) is 18.9. The quantitative estimate of drug-likeness (QED) is 0.652. The summed E-state index contributed by atoms with van der Waals surface area (Å²) in [6, 6.07) is 13.5. The topological polar surface area (TPSA) is 57.8 Å². The van der Waals surface area contributed by atoms with Crippen LogP contribution in [0.4, 0.5) is 0 Å². The minimum absolute atomic E-state index is 0.0657. The molecular formula is C23H23N3O3S. The molecule has 1 saturated heterocycles. The van der Waals surface area contributed by atoms with Crippen LogP contribution in [0.3, 0.4) is 0 Å². The highest BCUT2D eigenvalue weighted by molar-refractivity contribution is 7.80. The highest BCUT2D eigenvalue weighted by Gasteiger charge is 2.50. The number of para-hydroxylation sites is 1. The Bertz CT molecular complexity index is 1170. The van der Waals surface area contributed by atoms with Crippen molar-refractivity contribution in [1.29, 1.82) is 0 Å². The van der Waals surface area contributed by atoms with Gasteiger partial charge in [-0.2, -0.15) is 0 Å². The number of carbonyl (C=O) groups is 1. The molecule has 1 N–H and O–H groups in total. The third-order valence-electron chi connectivity index (χ3n) is 6.19. The van der Waals surface area contributed by atoms with Gasteiger partial charge in [0.15, 0.2) is 5.11 Å². The molecule has 1 aromatic heterocycles. The van der Waals surface area contributed by atoms with Crippen LogP contribution in [0.2, 0.25) is 0 Å². The van der Waals surface area contributed by atoms with Crippen molar-refractivity contribution in [1.82, 2.24) is 14.8 Å².